The van der Waals surface area contributed by atoms with Crippen LogP contribution in [0.1, 0.15) is 72.4 Å². The lowest BCUT2D eigenvalue weighted by Gasteiger charge is -2.15. The van der Waals surface area contributed by atoms with Crippen LogP contribution in [0.3, 0.4) is 0 Å². The predicted molar refractivity (Wildman–Crippen MR) is 160 cm³/mol. The number of fused-ring (bicyclic) bond motifs is 6. The molecule has 0 N–H and O–H groups in total. The lowest BCUT2D eigenvalue weighted by molar-refractivity contribution is 0.630. The molecule has 6 rings (SSSR count). The Morgan fingerprint density at radius 3 is 1.60 bits per heavy atom. The van der Waals surface area contributed by atoms with Gasteiger partial charge in [0, 0.05) is 34.8 Å². The molecule has 0 saturated heterocycles. The Bertz CT molecular complexity index is 1120. The van der Waals surface area contributed by atoms with Crippen LogP contribution in [0.4, 0.5) is 0 Å². The zero-order valence-electron chi connectivity index (χ0n) is 23.5. The molecule has 4 aromatic rings. The second kappa shape index (κ2) is 16.5. The molecule has 0 spiro atoms. The summed E-state index contributed by atoms with van der Waals surface area (Å²) in [7, 11) is 2.12. The van der Waals surface area contributed by atoms with Crippen molar-refractivity contribution >= 4 is 21.8 Å². The van der Waals surface area contributed by atoms with Gasteiger partial charge in [0.25, 0.3) is 0 Å². The van der Waals surface area contributed by atoms with Crippen LogP contribution < -0.4 is 0 Å². The molecule has 1 heteroatoms. The predicted octanol–water partition coefficient (Wildman–Crippen LogP) is 10.5. The summed E-state index contributed by atoms with van der Waals surface area (Å²) in [6, 6.07) is 25.8. The highest BCUT2D eigenvalue weighted by Crippen LogP contribution is 2.40. The third-order valence-electron chi connectivity index (χ3n) is 5.94. The van der Waals surface area contributed by atoms with Gasteiger partial charge >= 0.3 is 0 Å². The molecule has 0 saturated carbocycles. The van der Waals surface area contributed by atoms with Crippen molar-refractivity contribution in [3.8, 4) is 0 Å². The van der Waals surface area contributed by atoms with Crippen LogP contribution in [-0.2, 0) is 13.5 Å². The van der Waals surface area contributed by atoms with E-state index in [2.05, 4.69) is 109 Å². The summed E-state index contributed by atoms with van der Waals surface area (Å²) in [5.41, 5.74) is 5.67. The van der Waals surface area contributed by atoms with E-state index < -0.39 is 0 Å². The minimum absolute atomic E-state index is 0.654. The van der Waals surface area contributed by atoms with Crippen molar-refractivity contribution < 1.29 is 0 Å². The molecule has 0 fully saturated rings. The van der Waals surface area contributed by atoms with Crippen molar-refractivity contribution in [1.82, 2.24) is 4.57 Å². The summed E-state index contributed by atoms with van der Waals surface area (Å²) in [5.74, 6) is 1.38. The van der Waals surface area contributed by atoms with Gasteiger partial charge in [-0.3, -0.25) is 0 Å². The van der Waals surface area contributed by atoms with E-state index in [1.165, 1.54) is 39.4 Å². The Morgan fingerprint density at radius 1 is 0.571 bits per heavy atom. The maximum atomic E-state index is 2.34. The van der Waals surface area contributed by atoms with Crippen LogP contribution in [0.25, 0.3) is 21.8 Å². The second-order valence-electron chi connectivity index (χ2n) is 7.46. The van der Waals surface area contributed by atoms with Crippen LogP contribution >= 0.6 is 0 Å². The number of hydrogen-bond donors (Lipinski definition) is 0. The molecule has 2 atom stereocenters. The Labute approximate surface area is 215 Å². The van der Waals surface area contributed by atoms with Gasteiger partial charge in [0.1, 0.15) is 0 Å². The lowest BCUT2D eigenvalue weighted by Crippen LogP contribution is -2.03. The molecule has 0 amide bonds. The number of aromatic nitrogens is 1. The van der Waals surface area contributed by atoms with E-state index in [0.29, 0.717) is 5.92 Å². The summed E-state index contributed by atoms with van der Waals surface area (Å²) >= 11 is 0. The number of allylic oxidation sites excluding steroid dienone is 4. The number of hydrogen-bond acceptors (Lipinski definition) is 0. The fourth-order valence-electron chi connectivity index (χ4n) is 4.60. The molecule has 1 nitrogen and oxygen atoms in total. The first-order valence-corrected chi connectivity index (χ1v) is 13.7. The fourth-order valence-corrected chi connectivity index (χ4v) is 4.60. The van der Waals surface area contributed by atoms with Crippen LogP contribution in [-0.4, -0.2) is 4.57 Å². The van der Waals surface area contributed by atoms with Gasteiger partial charge in [-0.25, -0.2) is 0 Å². The van der Waals surface area contributed by atoms with Gasteiger partial charge < -0.3 is 4.57 Å². The standard InChI is InChI=1S/C13H11N.C13H12.4C2H6/c1-14-12-8-4-2-6-10(12)11-7-3-5-9-13(11)14;1-3-7-12-10(5-1)9-11-6-2-4-8-13(11)12;4*1-2/h2-9H,1H3;1-8,10,12H,9H2;4*1-2H3. The number of benzene rings is 3. The monoisotopic (exact) mass is 469 g/mol. The van der Waals surface area contributed by atoms with Crippen molar-refractivity contribution in [2.75, 3.05) is 0 Å². The lowest BCUT2D eigenvalue weighted by atomic mass is 9.89. The molecule has 2 unspecified atom stereocenters. The van der Waals surface area contributed by atoms with Crippen molar-refractivity contribution in [2.24, 2.45) is 13.0 Å². The quantitative estimate of drug-likeness (QED) is 0.241. The Hall–Kier alpha value is -3.06. The highest BCUT2D eigenvalue weighted by Gasteiger charge is 2.29. The van der Waals surface area contributed by atoms with Crippen LogP contribution in [0.5, 0.6) is 0 Å². The van der Waals surface area contributed by atoms with E-state index in [9.17, 15) is 0 Å². The maximum Gasteiger partial charge on any atom is 0.0488 e. The zero-order valence-corrected chi connectivity index (χ0v) is 23.5. The molecule has 0 bridgehead atoms. The average Bonchev–Trinajstić information content (AvgIpc) is 3.49. The fraction of sp³-hybridized carbons (Fsp3) is 0.353. The number of rotatable bonds is 0. The van der Waals surface area contributed by atoms with Crippen LogP contribution in [0, 0.1) is 5.92 Å². The molecular weight excluding hydrogens is 422 g/mol. The SMILES string of the molecule is C1=CC2Cc3ccccc3C2C=C1.CC.CC.CC.CC.Cn1c2ccccc2c2ccccc21. The minimum atomic E-state index is 0.654. The van der Waals surface area contributed by atoms with E-state index in [4.69, 9.17) is 0 Å². The Kier molecular flexibility index (Phi) is 14.2. The van der Waals surface area contributed by atoms with E-state index in [-0.39, 0.29) is 0 Å². The third-order valence-corrected chi connectivity index (χ3v) is 5.94. The first-order valence-electron chi connectivity index (χ1n) is 13.7. The summed E-state index contributed by atoms with van der Waals surface area (Å²) in [4.78, 5) is 0. The van der Waals surface area contributed by atoms with E-state index in [1.807, 2.05) is 55.4 Å². The summed E-state index contributed by atoms with van der Waals surface area (Å²) in [6.07, 6.45) is 10.2. The number of para-hydroxylation sites is 2. The molecule has 2 aliphatic rings. The van der Waals surface area contributed by atoms with Gasteiger partial charge in [0.15, 0.2) is 0 Å². The molecule has 3 aromatic carbocycles. The van der Waals surface area contributed by atoms with Gasteiger partial charge in [0.05, 0.1) is 0 Å². The van der Waals surface area contributed by atoms with Crippen molar-refractivity contribution in [3.63, 3.8) is 0 Å². The van der Waals surface area contributed by atoms with E-state index >= 15 is 0 Å². The molecule has 0 radical (unpaired) electrons. The zero-order chi connectivity index (χ0) is 26.2. The molecule has 2 aliphatic carbocycles. The molecule has 0 aliphatic heterocycles. The Balaban J connectivity index is 0.000000274. The topological polar surface area (TPSA) is 4.93 Å². The van der Waals surface area contributed by atoms with Crippen molar-refractivity contribution in [1.29, 1.82) is 0 Å². The summed E-state index contributed by atoms with van der Waals surface area (Å²) < 4.78 is 2.24. The highest BCUT2D eigenvalue weighted by molar-refractivity contribution is 6.07. The maximum absolute atomic E-state index is 2.34. The summed E-state index contributed by atoms with van der Waals surface area (Å²) in [6.45, 7) is 16.0. The molecule has 35 heavy (non-hydrogen) atoms. The first-order chi connectivity index (χ1) is 17.3. The van der Waals surface area contributed by atoms with Crippen LogP contribution in [0.2, 0.25) is 0 Å². The normalized spacial score (nSPS) is 15.8. The van der Waals surface area contributed by atoms with Crippen molar-refractivity contribution in [2.45, 2.75) is 67.7 Å². The molecule has 1 heterocycles. The van der Waals surface area contributed by atoms with Gasteiger partial charge in [-0.05, 0) is 35.6 Å². The minimum Gasteiger partial charge on any atom is -0.344 e. The molecule has 1 aromatic heterocycles. The third kappa shape index (κ3) is 6.98. The van der Waals surface area contributed by atoms with E-state index in [0.717, 1.165) is 5.92 Å². The second-order valence-corrected chi connectivity index (χ2v) is 7.46. The van der Waals surface area contributed by atoms with Crippen molar-refractivity contribution in [3.05, 3.63) is 108 Å². The van der Waals surface area contributed by atoms with E-state index in [1.54, 1.807) is 0 Å². The first kappa shape index (κ1) is 30.0. The smallest absolute Gasteiger partial charge is 0.0488 e. The Morgan fingerprint density at radius 2 is 1.03 bits per heavy atom. The highest BCUT2D eigenvalue weighted by atomic mass is 14.9. The molecular formula is C34H47N. The van der Waals surface area contributed by atoms with Crippen LogP contribution in [0.15, 0.2) is 97.1 Å². The number of aryl methyl sites for hydroxylation is 1. The molecule has 188 valence electrons. The average molecular weight is 470 g/mol. The van der Waals surface area contributed by atoms with Gasteiger partial charge in [-0.2, -0.15) is 0 Å². The summed E-state index contributed by atoms with van der Waals surface area (Å²) in [5, 5.41) is 2.68. The van der Waals surface area contributed by atoms with Gasteiger partial charge in [-0.1, -0.05) is 140 Å². The van der Waals surface area contributed by atoms with Gasteiger partial charge in [-0.15, -0.1) is 0 Å². The van der Waals surface area contributed by atoms with Gasteiger partial charge in [0.2, 0.25) is 0 Å². The number of nitrogens with zero attached hydrogens (tertiary/aromatic N) is 1. The largest absolute Gasteiger partial charge is 0.344 e.